The third-order valence-corrected chi connectivity index (χ3v) is 10.8. The topological polar surface area (TPSA) is 24.9 Å². The normalized spacial score (nSPS) is 20.3. The van der Waals surface area contributed by atoms with Gasteiger partial charge in [0.2, 0.25) is 0 Å². The smallest absolute Gasteiger partial charge is 0.161 e. The predicted octanol–water partition coefficient (Wildman–Crippen LogP) is 10.2. The van der Waals surface area contributed by atoms with Gasteiger partial charge in [0.15, 0.2) is 6.73 Å². The zero-order valence-electron chi connectivity index (χ0n) is 28.3. The van der Waals surface area contributed by atoms with Crippen LogP contribution in [0, 0.1) is 0 Å². The van der Waals surface area contributed by atoms with Crippen molar-refractivity contribution in [1.29, 1.82) is 0 Å². The summed E-state index contributed by atoms with van der Waals surface area (Å²) in [6, 6.07) is 20.6. The van der Waals surface area contributed by atoms with E-state index in [0.29, 0.717) is 19.5 Å². The van der Waals surface area contributed by atoms with Gasteiger partial charge in [0.25, 0.3) is 0 Å². The Morgan fingerprint density at radius 1 is 0.681 bits per heavy atom. The van der Waals surface area contributed by atoms with Gasteiger partial charge < -0.3 is 14.4 Å². The number of allylic oxidation sites excluding steroid dienone is 3. The standard InChI is InChI=1S/C43H52N2O2/c1-3-15-35-24-32(26-37-28-44(30-46-42(35)37)39-19-11-9-12-20-39)23-33-25-36(16-4-2)43-38(27-33)29-45(31-47-43)41-22-14-18-34-17-10-7-5-6-8-13-21-40(34)41/h3-4,9,11-12,19-20,24-27,41H,1-2,5-8,10,13-18,21-23,28-31H2. The molecule has 2 aliphatic heterocycles. The maximum absolute atomic E-state index is 6.66. The van der Waals surface area contributed by atoms with Crippen LogP contribution in [-0.4, -0.2) is 24.4 Å². The molecule has 47 heavy (non-hydrogen) atoms. The Bertz CT molecular complexity index is 1610. The molecular formula is C43H52N2O2. The number of para-hydroxylation sites is 1. The molecule has 4 heteroatoms. The van der Waals surface area contributed by atoms with Gasteiger partial charge in [-0.1, -0.05) is 85.4 Å². The van der Waals surface area contributed by atoms with E-state index in [1.54, 1.807) is 11.1 Å². The second-order valence-corrected chi connectivity index (χ2v) is 14.1. The Morgan fingerprint density at radius 2 is 1.30 bits per heavy atom. The van der Waals surface area contributed by atoms with E-state index in [4.69, 9.17) is 9.47 Å². The van der Waals surface area contributed by atoms with Gasteiger partial charge in [-0.05, 0) is 105 Å². The number of nitrogens with zero attached hydrogens (tertiary/aromatic N) is 2. The lowest BCUT2D eigenvalue weighted by Crippen LogP contribution is -2.43. The minimum atomic E-state index is 0.521. The number of ether oxygens (including phenoxy) is 2. The second kappa shape index (κ2) is 15.0. The highest BCUT2D eigenvalue weighted by Gasteiger charge is 2.32. The molecule has 246 valence electrons. The lowest BCUT2D eigenvalue weighted by Gasteiger charge is -2.41. The van der Waals surface area contributed by atoms with Crippen molar-refractivity contribution in [3.05, 3.63) is 124 Å². The van der Waals surface area contributed by atoms with Crippen molar-refractivity contribution in [3.8, 4) is 11.5 Å². The fourth-order valence-corrected chi connectivity index (χ4v) is 8.60. The van der Waals surface area contributed by atoms with Crippen LogP contribution in [0.5, 0.6) is 11.5 Å². The molecular weight excluding hydrogens is 576 g/mol. The number of rotatable bonds is 8. The Balaban J connectivity index is 1.16. The van der Waals surface area contributed by atoms with E-state index in [9.17, 15) is 0 Å². The van der Waals surface area contributed by atoms with E-state index in [2.05, 4.69) is 77.6 Å². The van der Waals surface area contributed by atoms with Gasteiger partial charge in [-0.15, -0.1) is 13.2 Å². The molecule has 1 atom stereocenters. The Kier molecular flexibility index (Phi) is 10.1. The first-order valence-electron chi connectivity index (χ1n) is 18.2. The van der Waals surface area contributed by atoms with Gasteiger partial charge in [0.05, 0.1) is 0 Å². The van der Waals surface area contributed by atoms with Crippen molar-refractivity contribution < 1.29 is 9.47 Å². The zero-order valence-corrected chi connectivity index (χ0v) is 28.3. The molecule has 4 aliphatic rings. The van der Waals surface area contributed by atoms with Crippen molar-refractivity contribution in [2.45, 2.75) is 109 Å². The van der Waals surface area contributed by atoms with Gasteiger partial charge in [-0.25, -0.2) is 0 Å². The summed E-state index contributed by atoms with van der Waals surface area (Å²) < 4.78 is 13.0. The average molecular weight is 629 g/mol. The van der Waals surface area contributed by atoms with Gasteiger partial charge >= 0.3 is 0 Å². The van der Waals surface area contributed by atoms with Crippen molar-refractivity contribution in [2.24, 2.45) is 0 Å². The first-order chi connectivity index (χ1) is 23.2. The fourth-order valence-electron chi connectivity index (χ4n) is 8.60. The summed E-state index contributed by atoms with van der Waals surface area (Å²) in [5, 5.41) is 0. The van der Waals surface area contributed by atoms with Crippen LogP contribution in [0.3, 0.4) is 0 Å². The van der Waals surface area contributed by atoms with Gasteiger partial charge in [0.1, 0.15) is 18.2 Å². The van der Waals surface area contributed by atoms with Gasteiger partial charge in [-0.3, -0.25) is 4.90 Å². The summed E-state index contributed by atoms with van der Waals surface area (Å²) in [5.74, 6) is 2.12. The molecule has 0 spiro atoms. The summed E-state index contributed by atoms with van der Waals surface area (Å²) in [6.45, 7) is 11.2. The molecule has 0 amide bonds. The lowest BCUT2D eigenvalue weighted by molar-refractivity contribution is 0.0594. The van der Waals surface area contributed by atoms with Crippen molar-refractivity contribution in [2.75, 3.05) is 18.4 Å². The summed E-state index contributed by atoms with van der Waals surface area (Å²) in [4.78, 5) is 4.96. The first kappa shape index (κ1) is 31.8. The van der Waals surface area contributed by atoms with Crippen LogP contribution in [-0.2, 0) is 32.4 Å². The highest BCUT2D eigenvalue weighted by molar-refractivity contribution is 5.54. The third-order valence-electron chi connectivity index (χ3n) is 10.8. The van der Waals surface area contributed by atoms with Crippen LogP contribution in [0.15, 0.2) is 91.1 Å². The lowest BCUT2D eigenvalue weighted by atomic mass is 9.81. The van der Waals surface area contributed by atoms with E-state index in [0.717, 1.165) is 43.9 Å². The number of anilines is 1. The van der Waals surface area contributed by atoms with Crippen molar-refractivity contribution in [3.63, 3.8) is 0 Å². The largest absolute Gasteiger partial charge is 0.477 e. The summed E-state index contributed by atoms with van der Waals surface area (Å²) in [5.41, 5.74) is 12.5. The monoisotopic (exact) mass is 628 g/mol. The molecule has 0 radical (unpaired) electrons. The minimum Gasteiger partial charge on any atom is -0.477 e. The Morgan fingerprint density at radius 3 is 2.00 bits per heavy atom. The maximum Gasteiger partial charge on any atom is 0.161 e. The van der Waals surface area contributed by atoms with E-state index in [1.165, 1.54) is 110 Å². The van der Waals surface area contributed by atoms with Gasteiger partial charge in [0, 0.05) is 35.9 Å². The van der Waals surface area contributed by atoms with Crippen LogP contribution >= 0.6 is 0 Å². The maximum atomic E-state index is 6.66. The van der Waals surface area contributed by atoms with Crippen LogP contribution < -0.4 is 14.4 Å². The zero-order chi connectivity index (χ0) is 32.0. The molecule has 3 aromatic rings. The molecule has 0 N–H and O–H groups in total. The molecule has 4 nitrogen and oxygen atoms in total. The molecule has 0 saturated carbocycles. The molecule has 0 saturated heterocycles. The molecule has 3 aromatic carbocycles. The third kappa shape index (κ3) is 7.23. The highest BCUT2D eigenvalue weighted by atomic mass is 16.5. The van der Waals surface area contributed by atoms with Gasteiger partial charge in [-0.2, -0.15) is 0 Å². The van der Waals surface area contributed by atoms with E-state index < -0.39 is 0 Å². The number of benzene rings is 3. The van der Waals surface area contributed by atoms with Crippen LogP contribution in [0.2, 0.25) is 0 Å². The summed E-state index contributed by atoms with van der Waals surface area (Å²) >= 11 is 0. The number of fused-ring (bicyclic) bond motifs is 2. The minimum absolute atomic E-state index is 0.521. The SMILES string of the molecule is C=CCc1cc(Cc2cc(CC=C)c3c(c2)CN(C2CCCC4=C2CCCCCCCC4)CO3)cc2c1OCN(c1ccccc1)C2. The van der Waals surface area contributed by atoms with Crippen molar-refractivity contribution >= 4 is 5.69 Å². The van der Waals surface area contributed by atoms with Crippen LogP contribution in [0.4, 0.5) is 5.69 Å². The molecule has 7 rings (SSSR count). The van der Waals surface area contributed by atoms with E-state index >= 15 is 0 Å². The molecule has 0 fully saturated rings. The Labute approximate surface area is 282 Å². The quantitative estimate of drug-likeness (QED) is 0.232. The summed E-state index contributed by atoms with van der Waals surface area (Å²) in [6.07, 6.45) is 21.3. The molecule has 2 aliphatic carbocycles. The molecule has 0 bridgehead atoms. The average Bonchev–Trinajstić information content (AvgIpc) is 3.10. The molecule has 2 heterocycles. The fraction of sp³-hybridized carbons (Fsp3) is 0.442. The molecule has 0 aromatic heterocycles. The van der Waals surface area contributed by atoms with Crippen molar-refractivity contribution in [1.82, 2.24) is 4.90 Å². The predicted molar refractivity (Wildman–Crippen MR) is 194 cm³/mol. The number of hydrogen-bond acceptors (Lipinski definition) is 4. The highest BCUT2D eigenvalue weighted by Crippen LogP contribution is 2.40. The van der Waals surface area contributed by atoms with E-state index in [1.807, 2.05) is 12.2 Å². The first-order valence-corrected chi connectivity index (χ1v) is 18.2. The Hall–Kier alpha value is -3.76. The summed E-state index contributed by atoms with van der Waals surface area (Å²) in [7, 11) is 0. The van der Waals surface area contributed by atoms with E-state index in [-0.39, 0.29) is 0 Å². The molecule has 1 unspecified atom stereocenters. The van der Waals surface area contributed by atoms with Crippen LogP contribution in [0.1, 0.15) is 104 Å². The second-order valence-electron chi connectivity index (χ2n) is 14.1. The number of hydrogen-bond donors (Lipinski definition) is 0. The van der Waals surface area contributed by atoms with Crippen LogP contribution in [0.25, 0.3) is 0 Å².